The van der Waals surface area contributed by atoms with E-state index in [2.05, 4.69) is 21.3 Å². The Bertz CT molecular complexity index is 2230. The number of amides is 2. The zero-order valence-corrected chi connectivity index (χ0v) is 32.5. The molecule has 14 nitrogen and oxygen atoms in total. The average molecular weight is 769 g/mol. The van der Waals surface area contributed by atoms with Crippen LogP contribution in [-0.2, 0) is 31.6 Å². The number of aromatic nitrogens is 1. The van der Waals surface area contributed by atoms with E-state index in [0.717, 1.165) is 15.6 Å². The van der Waals surface area contributed by atoms with Crippen LogP contribution in [0, 0.1) is 11.3 Å². The molecule has 1 fully saturated rings. The summed E-state index contributed by atoms with van der Waals surface area (Å²) >= 11 is 0. The minimum atomic E-state index is -4.63. The smallest absolute Gasteiger partial charge is 0.410 e. The molecule has 1 N–H and O–H groups in total. The van der Waals surface area contributed by atoms with Crippen molar-refractivity contribution in [2.45, 2.75) is 50.3 Å². The highest BCUT2D eigenvalue weighted by Crippen LogP contribution is 2.50. The summed E-state index contributed by atoms with van der Waals surface area (Å²) in [6, 6.07) is 21.9. The van der Waals surface area contributed by atoms with Gasteiger partial charge in [-0.15, -0.1) is 0 Å². The van der Waals surface area contributed by atoms with Gasteiger partial charge in [0.15, 0.2) is 5.54 Å². The predicted molar refractivity (Wildman–Crippen MR) is 205 cm³/mol. The zero-order chi connectivity index (χ0) is 39.5. The minimum Gasteiger partial charge on any atom is -0.497 e. The number of rotatable bonds is 11. The van der Waals surface area contributed by atoms with E-state index in [9.17, 15) is 18.5 Å². The Morgan fingerprint density at radius 3 is 2.33 bits per heavy atom. The van der Waals surface area contributed by atoms with Crippen molar-refractivity contribution in [2.24, 2.45) is 0 Å². The number of benzene rings is 3. The maximum absolute atomic E-state index is 15.2. The molecule has 0 spiro atoms. The minimum absolute atomic E-state index is 0.0180. The van der Waals surface area contributed by atoms with Gasteiger partial charge >= 0.3 is 6.09 Å². The van der Waals surface area contributed by atoms with Gasteiger partial charge in [0.2, 0.25) is 5.88 Å². The SMILES string of the molecule is CCOc1ncccc1C1(NCc2ccc(N3CCN(C(=O)OC(C)(C)C)CC3)cc2)C(=O)N(S(=O)(=O)c2ccc(OC)cc2OC)c2ccc(C#N)cc21. The molecule has 1 aromatic heterocycles. The van der Waals surface area contributed by atoms with Crippen molar-refractivity contribution in [2.75, 3.05) is 56.2 Å². The molecule has 288 valence electrons. The molecule has 1 unspecified atom stereocenters. The molecule has 0 radical (unpaired) electrons. The lowest BCUT2D eigenvalue weighted by molar-refractivity contribution is -0.121. The number of methoxy groups -OCH3 is 2. The van der Waals surface area contributed by atoms with Crippen LogP contribution in [0.2, 0.25) is 0 Å². The fourth-order valence-electron chi connectivity index (χ4n) is 6.77. The number of nitriles is 1. The molecule has 1 atom stereocenters. The summed E-state index contributed by atoms with van der Waals surface area (Å²) < 4.78 is 52.3. The summed E-state index contributed by atoms with van der Waals surface area (Å²) in [5.41, 5.74) is 0.0976. The van der Waals surface area contributed by atoms with Gasteiger partial charge in [0.25, 0.3) is 15.9 Å². The number of fused-ring (bicyclic) bond motifs is 1. The van der Waals surface area contributed by atoms with Gasteiger partial charge in [-0.1, -0.05) is 12.1 Å². The summed E-state index contributed by atoms with van der Waals surface area (Å²) in [5, 5.41) is 13.4. The molecule has 2 aliphatic heterocycles. The van der Waals surface area contributed by atoms with E-state index in [4.69, 9.17) is 18.9 Å². The first-order chi connectivity index (χ1) is 26.3. The van der Waals surface area contributed by atoms with Gasteiger partial charge in [-0.3, -0.25) is 10.1 Å². The lowest BCUT2D eigenvalue weighted by Gasteiger charge is -2.36. The second-order valence-electron chi connectivity index (χ2n) is 13.9. The first-order valence-corrected chi connectivity index (χ1v) is 19.2. The molecule has 0 aliphatic carbocycles. The molecule has 55 heavy (non-hydrogen) atoms. The topological polar surface area (TPSA) is 164 Å². The quantitative estimate of drug-likeness (QED) is 0.213. The third kappa shape index (κ3) is 7.47. The lowest BCUT2D eigenvalue weighted by Crippen LogP contribution is -2.52. The van der Waals surface area contributed by atoms with E-state index in [1.807, 2.05) is 45.0 Å². The predicted octanol–water partition coefficient (Wildman–Crippen LogP) is 5.20. The fraction of sp³-hybridized carbons (Fsp3) is 0.350. The second-order valence-corrected chi connectivity index (χ2v) is 15.7. The molecular weight excluding hydrogens is 725 g/mol. The molecule has 2 aliphatic rings. The van der Waals surface area contributed by atoms with Gasteiger partial charge in [-0.25, -0.2) is 22.5 Å². The number of hydrogen-bond donors (Lipinski definition) is 1. The standard InChI is InChI=1S/C40H44N6O8S/c1-7-53-36-31(9-8-18-42-36)40(43-26-27-10-13-29(14-11-27)44-19-21-45(22-20-44)38(48)54-39(2,3)4)32-23-28(25-41)12-16-33(32)46(37(40)47)55(49,50)35-17-15-30(51-5)24-34(35)52-6/h8-18,23-24,43H,7,19-22,26H2,1-6H3. The molecule has 3 heterocycles. The third-order valence-electron chi connectivity index (χ3n) is 9.39. The van der Waals surface area contributed by atoms with E-state index >= 15 is 4.79 Å². The van der Waals surface area contributed by atoms with E-state index in [-0.39, 0.29) is 58.1 Å². The van der Waals surface area contributed by atoms with Crippen molar-refractivity contribution in [3.63, 3.8) is 0 Å². The molecule has 3 aromatic carbocycles. The number of hydrogen-bond acceptors (Lipinski definition) is 12. The molecule has 1 saturated heterocycles. The number of sulfonamides is 1. The van der Waals surface area contributed by atoms with Crippen LogP contribution in [0.3, 0.4) is 0 Å². The van der Waals surface area contributed by atoms with E-state index in [1.54, 1.807) is 24.0 Å². The molecular formula is C40H44N6O8S. The summed E-state index contributed by atoms with van der Waals surface area (Å²) in [7, 11) is -1.85. The number of carbonyl (C=O) groups is 2. The van der Waals surface area contributed by atoms with Gasteiger partial charge in [0.05, 0.1) is 38.1 Å². The number of pyridine rings is 1. The molecule has 15 heteroatoms. The van der Waals surface area contributed by atoms with Crippen molar-refractivity contribution in [1.29, 1.82) is 5.26 Å². The van der Waals surface area contributed by atoms with E-state index in [1.165, 1.54) is 56.8 Å². The van der Waals surface area contributed by atoms with Crippen LogP contribution in [0.1, 0.15) is 49.9 Å². The van der Waals surface area contributed by atoms with Gasteiger partial charge in [-0.2, -0.15) is 5.26 Å². The van der Waals surface area contributed by atoms with Gasteiger partial charge < -0.3 is 28.7 Å². The van der Waals surface area contributed by atoms with Crippen LogP contribution in [0.15, 0.2) is 83.9 Å². The van der Waals surface area contributed by atoms with E-state index in [0.29, 0.717) is 31.9 Å². The van der Waals surface area contributed by atoms with Crippen molar-refractivity contribution in [1.82, 2.24) is 15.2 Å². The van der Waals surface area contributed by atoms with E-state index < -0.39 is 27.1 Å². The number of nitrogens with one attached hydrogen (secondary N) is 1. The maximum Gasteiger partial charge on any atom is 0.410 e. The number of piperazine rings is 1. The fourth-order valence-corrected chi connectivity index (χ4v) is 8.38. The van der Waals surface area contributed by atoms with Crippen LogP contribution >= 0.6 is 0 Å². The highest BCUT2D eigenvalue weighted by atomic mass is 32.2. The zero-order valence-electron chi connectivity index (χ0n) is 31.7. The largest absolute Gasteiger partial charge is 0.497 e. The number of anilines is 2. The van der Waals surface area contributed by atoms with Gasteiger partial charge in [0, 0.05) is 61.8 Å². The first-order valence-electron chi connectivity index (χ1n) is 17.8. The molecule has 4 aromatic rings. The van der Waals surface area contributed by atoms with Crippen LogP contribution in [0.25, 0.3) is 0 Å². The van der Waals surface area contributed by atoms with Gasteiger partial charge in [-0.05, 0) is 87.9 Å². The second kappa shape index (κ2) is 15.5. The Hall–Kier alpha value is -5.85. The maximum atomic E-state index is 15.2. The Kier molecular flexibility index (Phi) is 10.9. The molecule has 2 amide bonds. The van der Waals surface area contributed by atoms with Crippen molar-refractivity contribution >= 4 is 33.4 Å². The summed E-state index contributed by atoms with van der Waals surface area (Å²) in [6.45, 7) is 9.91. The monoisotopic (exact) mass is 768 g/mol. The summed E-state index contributed by atoms with van der Waals surface area (Å²) in [4.78, 5) is 35.9. The highest BCUT2D eigenvalue weighted by molar-refractivity contribution is 7.93. The number of nitrogens with zero attached hydrogens (tertiary/aromatic N) is 5. The molecule has 0 bridgehead atoms. The van der Waals surface area contributed by atoms with Crippen LogP contribution < -0.4 is 28.7 Å². The highest BCUT2D eigenvalue weighted by Gasteiger charge is 2.58. The first kappa shape index (κ1) is 38.9. The Morgan fingerprint density at radius 2 is 1.69 bits per heavy atom. The summed E-state index contributed by atoms with van der Waals surface area (Å²) in [6.07, 6.45) is 1.19. The van der Waals surface area contributed by atoms with Crippen molar-refractivity contribution in [3.05, 3.63) is 101 Å². The van der Waals surface area contributed by atoms with Crippen LogP contribution in [0.4, 0.5) is 16.2 Å². The lowest BCUT2D eigenvalue weighted by atomic mass is 9.83. The normalized spacial score (nSPS) is 17.0. The van der Waals surface area contributed by atoms with Crippen LogP contribution in [0.5, 0.6) is 17.4 Å². The number of ether oxygens (including phenoxy) is 4. The summed E-state index contributed by atoms with van der Waals surface area (Å²) in [5.74, 6) is -0.370. The van der Waals surface area contributed by atoms with Crippen molar-refractivity contribution < 1.29 is 37.0 Å². The number of carbonyl (C=O) groups excluding carboxylic acids is 2. The average Bonchev–Trinajstić information content (AvgIpc) is 3.44. The molecule has 6 rings (SSSR count). The third-order valence-corrected chi connectivity index (χ3v) is 11.1. The van der Waals surface area contributed by atoms with Crippen molar-refractivity contribution in [3.8, 4) is 23.4 Å². The van der Waals surface area contributed by atoms with Gasteiger partial charge in [0.1, 0.15) is 22.0 Å². The Labute approximate surface area is 321 Å². The molecule has 0 saturated carbocycles. The Balaban J connectivity index is 1.37. The van der Waals surface area contributed by atoms with Crippen LogP contribution in [-0.4, -0.2) is 82.9 Å². The Morgan fingerprint density at radius 1 is 0.964 bits per heavy atom.